The predicted molar refractivity (Wildman–Crippen MR) is 92.4 cm³/mol. The summed E-state index contributed by atoms with van der Waals surface area (Å²) in [6.45, 7) is 3.82. The minimum Gasteiger partial charge on any atom is -0.360 e. The van der Waals surface area contributed by atoms with E-state index in [1.54, 1.807) is 22.8 Å². The third-order valence-corrected chi connectivity index (χ3v) is 4.50. The van der Waals surface area contributed by atoms with Crippen LogP contribution in [0.4, 0.5) is 5.82 Å². The molecule has 0 aliphatic carbocycles. The van der Waals surface area contributed by atoms with E-state index in [2.05, 4.69) is 15.5 Å². The van der Waals surface area contributed by atoms with Crippen molar-refractivity contribution in [1.29, 1.82) is 0 Å². The van der Waals surface area contributed by atoms with Crippen LogP contribution < -0.4 is 5.32 Å². The van der Waals surface area contributed by atoms with Gasteiger partial charge in [0, 0.05) is 23.2 Å². The topological polar surface area (TPSA) is 72.4 Å². The van der Waals surface area contributed by atoms with E-state index in [4.69, 9.17) is 4.52 Å². The standard InChI is InChI=1S/C17H14N4O2S/c1-10-3-5-12(6-4-10)13-8-21-14(9-24-17(21)18-13)16(22)19-15-7-11(2)23-20-15/h3-9H,1-2H3,(H,19,20,22). The van der Waals surface area contributed by atoms with Gasteiger partial charge in [0.05, 0.1) is 5.69 Å². The number of aromatic nitrogens is 3. The molecule has 0 saturated heterocycles. The number of hydrogen-bond acceptors (Lipinski definition) is 5. The third kappa shape index (κ3) is 2.59. The van der Waals surface area contributed by atoms with E-state index >= 15 is 0 Å². The van der Waals surface area contributed by atoms with Crippen LogP contribution in [0, 0.1) is 13.8 Å². The lowest BCUT2D eigenvalue weighted by atomic mass is 10.1. The molecule has 1 amide bonds. The van der Waals surface area contributed by atoms with Gasteiger partial charge in [0.1, 0.15) is 11.5 Å². The molecule has 0 bridgehead atoms. The van der Waals surface area contributed by atoms with E-state index in [9.17, 15) is 4.79 Å². The monoisotopic (exact) mass is 338 g/mol. The molecule has 7 heteroatoms. The summed E-state index contributed by atoms with van der Waals surface area (Å²) in [5.74, 6) is 0.795. The SMILES string of the molecule is Cc1ccc(-c2cn3c(C(=O)Nc4cc(C)on4)csc3n2)cc1. The van der Waals surface area contributed by atoms with Gasteiger partial charge in [0.25, 0.3) is 5.91 Å². The molecular weight excluding hydrogens is 324 g/mol. The van der Waals surface area contributed by atoms with Crippen LogP contribution >= 0.6 is 11.3 Å². The molecule has 1 aromatic carbocycles. The van der Waals surface area contributed by atoms with Gasteiger partial charge in [-0.2, -0.15) is 0 Å². The maximum Gasteiger partial charge on any atom is 0.274 e. The van der Waals surface area contributed by atoms with Crippen molar-refractivity contribution in [3.8, 4) is 11.3 Å². The van der Waals surface area contributed by atoms with Crippen molar-refractivity contribution in [2.24, 2.45) is 0 Å². The largest absolute Gasteiger partial charge is 0.360 e. The molecule has 0 saturated carbocycles. The summed E-state index contributed by atoms with van der Waals surface area (Å²) in [5, 5.41) is 8.29. The fourth-order valence-corrected chi connectivity index (χ4v) is 3.27. The normalized spacial score (nSPS) is 11.1. The molecular formula is C17H14N4O2S. The van der Waals surface area contributed by atoms with Crippen LogP contribution in [0.3, 0.4) is 0 Å². The maximum absolute atomic E-state index is 12.5. The lowest BCUT2D eigenvalue weighted by Crippen LogP contribution is -2.13. The number of carbonyl (C=O) groups excluding carboxylic acids is 1. The van der Waals surface area contributed by atoms with Crippen molar-refractivity contribution in [1.82, 2.24) is 14.5 Å². The Morgan fingerprint density at radius 3 is 2.75 bits per heavy atom. The zero-order valence-corrected chi connectivity index (χ0v) is 13.9. The predicted octanol–water partition coefficient (Wildman–Crippen LogP) is 3.92. The number of nitrogens with one attached hydrogen (secondary N) is 1. The van der Waals surface area contributed by atoms with Crippen LogP contribution in [0.15, 0.2) is 46.4 Å². The first kappa shape index (κ1) is 14.6. The summed E-state index contributed by atoms with van der Waals surface area (Å²) >= 11 is 1.42. The molecule has 0 aliphatic rings. The summed E-state index contributed by atoms with van der Waals surface area (Å²) in [7, 11) is 0. The Kier molecular flexibility index (Phi) is 3.42. The molecule has 0 radical (unpaired) electrons. The number of imidazole rings is 1. The van der Waals surface area contributed by atoms with Gasteiger partial charge in [-0.1, -0.05) is 35.0 Å². The first-order chi connectivity index (χ1) is 11.6. The summed E-state index contributed by atoms with van der Waals surface area (Å²) in [5.41, 5.74) is 3.58. The maximum atomic E-state index is 12.5. The molecule has 4 rings (SSSR count). The second kappa shape index (κ2) is 5.61. The molecule has 0 spiro atoms. The van der Waals surface area contributed by atoms with Crippen molar-refractivity contribution in [2.45, 2.75) is 13.8 Å². The van der Waals surface area contributed by atoms with Gasteiger partial charge in [-0.3, -0.25) is 9.20 Å². The van der Waals surface area contributed by atoms with Crippen LogP contribution in [0.25, 0.3) is 16.2 Å². The van der Waals surface area contributed by atoms with E-state index < -0.39 is 0 Å². The number of carbonyl (C=O) groups is 1. The zero-order valence-electron chi connectivity index (χ0n) is 13.1. The summed E-state index contributed by atoms with van der Waals surface area (Å²) < 4.78 is 6.75. The van der Waals surface area contributed by atoms with E-state index in [1.165, 1.54) is 16.9 Å². The minimum atomic E-state index is -0.248. The quantitative estimate of drug-likeness (QED) is 0.614. The van der Waals surface area contributed by atoms with Crippen LogP contribution in [0.1, 0.15) is 21.8 Å². The average molecular weight is 338 g/mol. The number of rotatable bonds is 3. The van der Waals surface area contributed by atoms with Crippen LogP contribution in [0.2, 0.25) is 0 Å². The number of thiazole rings is 1. The molecule has 120 valence electrons. The number of amides is 1. The molecule has 4 aromatic rings. The highest BCUT2D eigenvalue weighted by atomic mass is 32.1. The summed E-state index contributed by atoms with van der Waals surface area (Å²) in [6, 6.07) is 9.82. The van der Waals surface area contributed by atoms with Crippen molar-refractivity contribution >= 4 is 28.0 Å². The highest BCUT2D eigenvalue weighted by Crippen LogP contribution is 2.24. The zero-order chi connectivity index (χ0) is 16.7. The summed E-state index contributed by atoms with van der Waals surface area (Å²) in [4.78, 5) is 17.8. The van der Waals surface area contributed by atoms with Gasteiger partial charge < -0.3 is 9.84 Å². The Bertz CT molecular complexity index is 1030. The Morgan fingerprint density at radius 2 is 2.04 bits per heavy atom. The Labute approximate surface area is 141 Å². The van der Waals surface area contributed by atoms with Gasteiger partial charge in [-0.15, -0.1) is 11.3 Å². The first-order valence-corrected chi connectivity index (χ1v) is 8.26. The van der Waals surface area contributed by atoms with Crippen molar-refractivity contribution in [3.05, 3.63) is 58.9 Å². The van der Waals surface area contributed by atoms with Gasteiger partial charge in [-0.25, -0.2) is 4.98 Å². The van der Waals surface area contributed by atoms with Crippen molar-refractivity contribution in [3.63, 3.8) is 0 Å². The molecule has 0 aliphatic heterocycles. The molecule has 3 heterocycles. The lowest BCUT2D eigenvalue weighted by Gasteiger charge is -1.99. The molecule has 1 N–H and O–H groups in total. The molecule has 6 nitrogen and oxygen atoms in total. The molecule has 0 unspecified atom stereocenters. The Morgan fingerprint density at radius 1 is 1.25 bits per heavy atom. The molecule has 0 atom stereocenters. The van der Waals surface area contributed by atoms with Crippen LogP contribution in [-0.2, 0) is 0 Å². The van der Waals surface area contributed by atoms with E-state index in [1.807, 2.05) is 37.4 Å². The van der Waals surface area contributed by atoms with Gasteiger partial charge >= 0.3 is 0 Å². The van der Waals surface area contributed by atoms with E-state index in [0.717, 1.165) is 16.2 Å². The second-order valence-electron chi connectivity index (χ2n) is 5.54. The molecule has 24 heavy (non-hydrogen) atoms. The Balaban J connectivity index is 1.66. The minimum absolute atomic E-state index is 0.248. The summed E-state index contributed by atoms with van der Waals surface area (Å²) in [6.07, 6.45) is 1.87. The number of fused-ring (bicyclic) bond motifs is 1. The number of aryl methyl sites for hydroxylation is 2. The van der Waals surface area contributed by atoms with Crippen LogP contribution in [0.5, 0.6) is 0 Å². The van der Waals surface area contributed by atoms with Crippen molar-refractivity contribution in [2.75, 3.05) is 5.32 Å². The van der Waals surface area contributed by atoms with Gasteiger partial charge in [-0.05, 0) is 13.8 Å². The number of anilines is 1. The lowest BCUT2D eigenvalue weighted by molar-refractivity contribution is 0.102. The van der Waals surface area contributed by atoms with Gasteiger partial charge in [0.2, 0.25) is 0 Å². The fraction of sp³-hybridized carbons (Fsp3) is 0.118. The average Bonchev–Trinajstić information content (AvgIpc) is 3.23. The van der Waals surface area contributed by atoms with Crippen molar-refractivity contribution < 1.29 is 9.32 Å². The third-order valence-electron chi connectivity index (χ3n) is 3.66. The van der Waals surface area contributed by atoms with Crippen LogP contribution in [-0.4, -0.2) is 20.4 Å². The molecule has 3 aromatic heterocycles. The fourth-order valence-electron chi connectivity index (χ4n) is 2.42. The number of benzene rings is 1. The first-order valence-electron chi connectivity index (χ1n) is 7.38. The van der Waals surface area contributed by atoms with E-state index in [-0.39, 0.29) is 5.91 Å². The highest BCUT2D eigenvalue weighted by molar-refractivity contribution is 7.15. The second-order valence-corrected chi connectivity index (χ2v) is 6.38. The number of nitrogens with zero attached hydrogens (tertiary/aromatic N) is 3. The van der Waals surface area contributed by atoms with Gasteiger partial charge in [0.15, 0.2) is 10.8 Å². The van der Waals surface area contributed by atoms with E-state index in [0.29, 0.717) is 17.3 Å². The smallest absolute Gasteiger partial charge is 0.274 e. The highest BCUT2D eigenvalue weighted by Gasteiger charge is 2.16. The molecule has 0 fully saturated rings. The Hall–Kier alpha value is -2.93. The number of hydrogen-bond donors (Lipinski definition) is 1.